The van der Waals surface area contributed by atoms with E-state index >= 15 is 0 Å². The molecule has 0 aliphatic carbocycles. The third-order valence-corrected chi connectivity index (χ3v) is 3.77. The minimum absolute atomic E-state index is 0.130. The van der Waals surface area contributed by atoms with Crippen LogP contribution in [0.25, 0.3) is 0 Å². The van der Waals surface area contributed by atoms with Crippen molar-refractivity contribution >= 4 is 5.91 Å². The van der Waals surface area contributed by atoms with Crippen molar-refractivity contribution in [3.05, 3.63) is 35.1 Å². The number of carbonyl (C=O) groups excluding carboxylic acids is 1. The second kappa shape index (κ2) is 5.63. The maximum atomic E-state index is 13.2. The van der Waals surface area contributed by atoms with Gasteiger partial charge in [0.1, 0.15) is 5.82 Å². The van der Waals surface area contributed by atoms with Crippen molar-refractivity contribution in [3.8, 4) is 0 Å². The molecule has 1 atom stereocenters. The molecule has 1 aromatic rings. The van der Waals surface area contributed by atoms with Crippen LogP contribution in [0.1, 0.15) is 22.8 Å². The predicted molar refractivity (Wildman–Crippen MR) is 69.4 cm³/mol. The van der Waals surface area contributed by atoms with Gasteiger partial charge in [0, 0.05) is 31.2 Å². The summed E-state index contributed by atoms with van der Waals surface area (Å²) in [6.07, 6.45) is -4.81. The zero-order valence-corrected chi connectivity index (χ0v) is 11.7. The fraction of sp³-hybridized carbons (Fsp3) is 0.500. The van der Waals surface area contributed by atoms with Crippen molar-refractivity contribution in [1.29, 1.82) is 0 Å². The van der Waals surface area contributed by atoms with Gasteiger partial charge in [-0.2, -0.15) is 13.2 Å². The maximum Gasteiger partial charge on any atom is 0.419 e. The molecule has 1 heterocycles. The van der Waals surface area contributed by atoms with Gasteiger partial charge in [-0.25, -0.2) is 4.39 Å². The van der Waals surface area contributed by atoms with E-state index in [1.807, 2.05) is 14.0 Å². The Hall–Kier alpha value is -1.63. The molecular formula is C14H16F4N2O. The summed E-state index contributed by atoms with van der Waals surface area (Å²) < 4.78 is 51.3. The third-order valence-electron chi connectivity index (χ3n) is 3.77. The van der Waals surface area contributed by atoms with Gasteiger partial charge < -0.3 is 9.80 Å². The first-order valence-corrected chi connectivity index (χ1v) is 6.56. The van der Waals surface area contributed by atoms with Gasteiger partial charge in [-0.05, 0) is 32.2 Å². The Balaban J connectivity index is 2.24. The minimum atomic E-state index is -4.81. The Bertz CT molecular complexity index is 544. The quantitative estimate of drug-likeness (QED) is 0.745. The Morgan fingerprint density at radius 1 is 1.29 bits per heavy atom. The minimum Gasteiger partial charge on any atom is -0.336 e. The molecule has 0 N–H and O–H groups in total. The normalized spacial score (nSPS) is 20.7. The summed E-state index contributed by atoms with van der Waals surface area (Å²) >= 11 is 0. The smallest absolute Gasteiger partial charge is 0.336 e. The fourth-order valence-corrected chi connectivity index (χ4v) is 2.29. The van der Waals surface area contributed by atoms with Gasteiger partial charge in [-0.1, -0.05) is 0 Å². The molecule has 1 saturated heterocycles. The van der Waals surface area contributed by atoms with Crippen LogP contribution in [-0.2, 0) is 6.18 Å². The Labute approximate surface area is 120 Å². The van der Waals surface area contributed by atoms with Crippen LogP contribution in [0.2, 0.25) is 0 Å². The molecule has 0 aromatic heterocycles. The highest BCUT2D eigenvalue weighted by atomic mass is 19.4. The van der Waals surface area contributed by atoms with E-state index in [-0.39, 0.29) is 11.6 Å². The van der Waals surface area contributed by atoms with E-state index in [0.717, 1.165) is 6.07 Å². The molecule has 0 saturated carbocycles. The van der Waals surface area contributed by atoms with Crippen molar-refractivity contribution in [2.24, 2.45) is 0 Å². The topological polar surface area (TPSA) is 23.6 Å². The summed E-state index contributed by atoms with van der Waals surface area (Å²) in [5.41, 5.74) is -1.55. The van der Waals surface area contributed by atoms with Gasteiger partial charge in [-0.3, -0.25) is 4.79 Å². The summed E-state index contributed by atoms with van der Waals surface area (Å²) in [6, 6.07) is 2.50. The number of carbonyl (C=O) groups is 1. The van der Waals surface area contributed by atoms with Gasteiger partial charge in [-0.15, -0.1) is 0 Å². The van der Waals surface area contributed by atoms with Crippen LogP contribution in [0, 0.1) is 5.82 Å². The van der Waals surface area contributed by atoms with E-state index < -0.39 is 23.5 Å². The number of alkyl halides is 3. The first-order chi connectivity index (χ1) is 9.70. The molecule has 3 nitrogen and oxygen atoms in total. The predicted octanol–water partition coefficient (Wildman–Crippen LogP) is 2.62. The van der Waals surface area contributed by atoms with Crippen molar-refractivity contribution in [2.75, 3.05) is 26.7 Å². The van der Waals surface area contributed by atoms with Crippen molar-refractivity contribution in [3.63, 3.8) is 0 Å². The second-order valence-electron chi connectivity index (χ2n) is 5.27. The first kappa shape index (κ1) is 15.8. The summed E-state index contributed by atoms with van der Waals surface area (Å²) in [5, 5.41) is 0. The van der Waals surface area contributed by atoms with E-state index in [2.05, 4.69) is 4.90 Å². The summed E-state index contributed by atoms with van der Waals surface area (Å²) in [6.45, 7) is 3.47. The number of rotatable bonds is 1. The third kappa shape index (κ3) is 3.34. The number of likely N-dealkylation sites (N-methyl/N-ethyl adjacent to an activating group) is 1. The zero-order chi connectivity index (χ0) is 15.8. The van der Waals surface area contributed by atoms with E-state index in [0.29, 0.717) is 31.8 Å². The van der Waals surface area contributed by atoms with Gasteiger partial charge in [0.15, 0.2) is 0 Å². The number of nitrogens with zero attached hydrogens (tertiary/aromatic N) is 2. The van der Waals surface area contributed by atoms with Crippen LogP contribution < -0.4 is 0 Å². The van der Waals surface area contributed by atoms with Crippen LogP contribution in [0.3, 0.4) is 0 Å². The summed E-state index contributed by atoms with van der Waals surface area (Å²) in [5.74, 6) is -1.87. The van der Waals surface area contributed by atoms with Crippen molar-refractivity contribution in [1.82, 2.24) is 9.80 Å². The first-order valence-electron chi connectivity index (χ1n) is 6.56. The molecule has 1 unspecified atom stereocenters. The molecule has 1 aliphatic heterocycles. The highest BCUT2D eigenvalue weighted by Gasteiger charge is 2.35. The maximum absolute atomic E-state index is 13.2. The molecule has 1 aliphatic rings. The second-order valence-corrected chi connectivity index (χ2v) is 5.27. The van der Waals surface area contributed by atoms with E-state index in [1.54, 1.807) is 0 Å². The van der Waals surface area contributed by atoms with E-state index in [9.17, 15) is 22.4 Å². The van der Waals surface area contributed by atoms with Crippen LogP contribution in [0.15, 0.2) is 18.2 Å². The number of benzene rings is 1. The van der Waals surface area contributed by atoms with Crippen LogP contribution in [0.4, 0.5) is 17.6 Å². The van der Waals surface area contributed by atoms with Crippen LogP contribution in [0.5, 0.6) is 0 Å². The van der Waals surface area contributed by atoms with Gasteiger partial charge in [0.25, 0.3) is 5.91 Å². The molecule has 1 amide bonds. The molecule has 0 bridgehead atoms. The molecule has 1 aromatic carbocycles. The lowest BCUT2D eigenvalue weighted by Crippen LogP contribution is -2.52. The largest absolute Gasteiger partial charge is 0.419 e. The SMILES string of the molecule is CC1CN(C(=O)c2ccc(F)c(C(F)(F)F)c2)CCN1C. The van der Waals surface area contributed by atoms with Crippen molar-refractivity contribution < 1.29 is 22.4 Å². The molecule has 0 spiro atoms. The van der Waals surface area contributed by atoms with Crippen molar-refractivity contribution in [2.45, 2.75) is 19.1 Å². The Morgan fingerprint density at radius 3 is 2.52 bits per heavy atom. The lowest BCUT2D eigenvalue weighted by Gasteiger charge is -2.37. The highest BCUT2D eigenvalue weighted by Crippen LogP contribution is 2.32. The lowest BCUT2D eigenvalue weighted by molar-refractivity contribution is -0.140. The highest BCUT2D eigenvalue weighted by molar-refractivity contribution is 5.94. The Morgan fingerprint density at radius 2 is 1.95 bits per heavy atom. The molecule has 116 valence electrons. The Kier molecular flexibility index (Phi) is 4.22. The standard InChI is InChI=1S/C14H16F4N2O/c1-9-8-20(6-5-19(9)2)13(21)10-3-4-12(15)11(7-10)14(16,17)18/h3-4,7,9H,5-6,8H2,1-2H3. The molecular weight excluding hydrogens is 288 g/mol. The summed E-state index contributed by atoms with van der Waals surface area (Å²) in [7, 11) is 1.92. The number of hydrogen-bond donors (Lipinski definition) is 0. The monoisotopic (exact) mass is 304 g/mol. The van der Waals surface area contributed by atoms with Crippen LogP contribution in [-0.4, -0.2) is 48.4 Å². The molecule has 2 rings (SSSR count). The fourth-order valence-electron chi connectivity index (χ4n) is 2.29. The van der Waals surface area contributed by atoms with E-state index in [4.69, 9.17) is 0 Å². The number of halogens is 4. The summed E-state index contributed by atoms with van der Waals surface area (Å²) in [4.78, 5) is 15.8. The molecule has 1 fully saturated rings. The number of amides is 1. The van der Waals surface area contributed by atoms with Crippen LogP contribution >= 0.6 is 0 Å². The molecule has 7 heteroatoms. The lowest BCUT2D eigenvalue weighted by atomic mass is 10.1. The molecule has 0 radical (unpaired) electrons. The average Bonchev–Trinajstić information content (AvgIpc) is 2.40. The zero-order valence-electron chi connectivity index (χ0n) is 11.7. The van der Waals surface area contributed by atoms with Gasteiger partial charge in [0.2, 0.25) is 0 Å². The average molecular weight is 304 g/mol. The number of hydrogen-bond acceptors (Lipinski definition) is 2. The van der Waals surface area contributed by atoms with Gasteiger partial charge >= 0.3 is 6.18 Å². The number of piperazine rings is 1. The molecule has 21 heavy (non-hydrogen) atoms. The van der Waals surface area contributed by atoms with E-state index in [1.165, 1.54) is 4.90 Å². The van der Waals surface area contributed by atoms with Gasteiger partial charge in [0.05, 0.1) is 5.56 Å².